The van der Waals surface area contributed by atoms with Crippen molar-refractivity contribution < 1.29 is 21.6 Å². The molecule has 0 aliphatic heterocycles. The lowest BCUT2D eigenvalue weighted by atomic mass is 10.3. The van der Waals surface area contributed by atoms with Crippen LogP contribution >= 0.6 is 15.9 Å². The molecule has 0 heterocycles. The van der Waals surface area contributed by atoms with E-state index in [9.17, 15) is 21.6 Å². The predicted octanol–water partition coefficient (Wildman–Crippen LogP) is 3.25. The van der Waals surface area contributed by atoms with Gasteiger partial charge in [-0.2, -0.15) is 0 Å². The summed E-state index contributed by atoms with van der Waals surface area (Å²) >= 11 is 2.87. The Bertz CT molecular complexity index is 789. The molecule has 2 aromatic carbocycles. The predicted molar refractivity (Wildman–Crippen MR) is 75.7 cm³/mol. The van der Waals surface area contributed by atoms with Gasteiger partial charge in [0, 0.05) is 4.47 Å². The summed E-state index contributed by atoms with van der Waals surface area (Å²) in [6, 6.07) is 4.37. The second kappa shape index (κ2) is 5.57. The minimum atomic E-state index is -4.36. The Labute approximate surface area is 127 Å². The number of hydrogen-bond donors (Lipinski definition) is 2. The summed E-state index contributed by atoms with van der Waals surface area (Å²) in [5, 5.41) is 0. The molecule has 0 atom stereocenters. The van der Waals surface area contributed by atoms with Crippen molar-refractivity contribution in [2.45, 2.75) is 4.90 Å². The standard InChI is InChI=1S/C12H8BrF3N2O2S/c13-6-3-8(15)12(9(16)4-6)18-21(19,20)11-2-1-7(14)5-10(11)17/h1-5,18H,17H2. The lowest BCUT2D eigenvalue weighted by molar-refractivity contribution is 0.581. The minimum Gasteiger partial charge on any atom is -0.398 e. The van der Waals surface area contributed by atoms with Crippen molar-refractivity contribution in [3.8, 4) is 0 Å². The maximum Gasteiger partial charge on any atom is 0.264 e. The zero-order valence-electron chi connectivity index (χ0n) is 10.2. The highest BCUT2D eigenvalue weighted by atomic mass is 79.9. The maximum atomic E-state index is 13.6. The number of rotatable bonds is 3. The first-order valence-electron chi connectivity index (χ1n) is 5.43. The Kier molecular flexibility index (Phi) is 4.15. The van der Waals surface area contributed by atoms with Gasteiger partial charge in [0.25, 0.3) is 10.0 Å². The molecule has 0 amide bonds. The first kappa shape index (κ1) is 15.6. The lowest BCUT2D eigenvalue weighted by Crippen LogP contribution is -2.17. The Hall–Kier alpha value is -1.74. The van der Waals surface area contributed by atoms with E-state index in [1.165, 1.54) is 0 Å². The van der Waals surface area contributed by atoms with Crippen molar-refractivity contribution in [2.75, 3.05) is 10.5 Å². The van der Waals surface area contributed by atoms with Crippen LogP contribution in [0.15, 0.2) is 39.7 Å². The molecule has 9 heteroatoms. The van der Waals surface area contributed by atoms with Crippen molar-refractivity contribution in [3.63, 3.8) is 0 Å². The fraction of sp³-hybridized carbons (Fsp3) is 0. The van der Waals surface area contributed by atoms with Crippen molar-refractivity contribution in [2.24, 2.45) is 0 Å². The van der Waals surface area contributed by atoms with Gasteiger partial charge in [0.1, 0.15) is 16.4 Å². The van der Waals surface area contributed by atoms with E-state index in [0.717, 1.165) is 30.3 Å². The molecule has 0 saturated heterocycles. The Morgan fingerprint density at radius 3 is 2.14 bits per heavy atom. The molecular formula is C12H8BrF3N2O2S. The first-order chi connectivity index (χ1) is 9.70. The summed E-state index contributed by atoms with van der Waals surface area (Å²) in [6.07, 6.45) is 0. The normalized spacial score (nSPS) is 11.4. The molecule has 0 spiro atoms. The molecular weight excluding hydrogens is 373 g/mol. The molecule has 2 rings (SSSR count). The van der Waals surface area contributed by atoms with Crippen LogP contribution in [-0.4, -0.2) is 8.42 Å². The smallest absolute Gasteiger partial charge is 0.264 e. The largest absolute Gasteiger partial charge is 0.398 e. The highest BCUT2D eigenvalue weighted by Gasteiger charge is 2.22. The quantitative estimate of drug-likeness (QED) is 0.802. The van der Waals surface area contributed by atoms with E-state index < -0.39 is 38.1 Å². The van der Waals surface area contributed by atoms with E-state index in [2.05, 4.69) is 15.9 Å². The number of sulfonamides is 1. The van der Waals surface area contributed by atoms with E-state index in [0.29, 0.717) is 0 Å². The molecule has 0 fully saturated rings. The zero-order valence-corrected chi connectivity index (χ0v) is 12.6. The number of nitrogens with two attached hydrogens (primary N) is 1. The van der Waals surface area contributed by atoms with Crippen LogP contribution in [0.3, 0.4) is 0 Å². The molecule has 0 aliphatic rings. The van der Waals surface area contributed by atoms with Crippen molar-refractivity contribution >= 4 is 37.3 Å². The SMILES string of the molecule is Nc1cc(F)ccc1S(=O)(=O)Nc1c(F)cc(Br)cc1F. The molecule has 4 nitrogen and oxygen atoms in total. The van der Waals surface area contributed by atoms with Crippen LogP contribution in [0.5, 0.6) is 0 Å². The minimum absolute atomic E-state index is 0.113. The third-order valence-electron chi connectivity index (χ3n) is 2.50. The fourth-order valence-electron chi connectivity index (χ4n) is 1.59. The van der Waals surface area contributed by atoms with E-state index >= 15 is 0 Å². The van der Waals surface area contributed by atoms with Crippen LogP contribution in [0.4, 0.5) is 24.5 Å². The van der Waals surface area contributed by atoms with Crippen LogP contribution < -0.4 is 10.5 Å². The number of nitrogen functional groups attached to an aromatic ring is 1. The van der Waals surface area contributed by atoms with Crippen LogP contribution in [0.2, 0.25) is 0 Å². The lowest BCUT2D eigenvalue weighted by Gasteiger charge is -2.12. The average Bonchev–Trinajstić information content (AvgIpc) is 2.33. The van der Waals surface area contributed by atoms with Crippen molar-refractivity contribution in [1.29, 1.82) is 0 Å². The molecule has 2 aromatic rings. The molecule has 0 unspecified atom stereocenters. The van der Waals surface area contributed by atoms with Gasteiger partial charge in [-0.15, -0.1) is 0 Å². The maximum absolute atomic E-state index is 13.6. The van der Waals surface area contributed by atoms with Crippen LogP contribution in [-0.2, 0) is 10.0 Å². The van der Waals surface area contributed by atoms with Gasteiger partial charge in [0.05, 0.1) is 5.69 Å². The molecule has 0 aliphatic carbocycles. The third kappa shape index (κ3) is 3.30. The second-order valence-corrected chi connectivity index (χ2v) is 6.60. The van der Waals surface area contributed by atoms with Gasteiger partial charge < -0.3 is 5.73 Å². The Morgan fingerprint density at radius 2 is 1.62 bits per heavy atom. The van der Waals surface area contributed by atoms with Crippen LogP contribution in [0.1, 0.15) is 0 Å². The molecule has 0 saturated carbocycles. The molecule has 0 radical (unpaired) electrons. The summed E-state index contributed by atoms with van der Waals surface area (Å²) in [5.74, 6) is -2.94. The van der Waals surface area contributed by atoms with E-state index in [1.54, 1.807) is 4.72 Å². The van der Waals surface area contributed by atoms with Gasteiger partial charge in [-0.3, -0.25) is 4.72 Å². The highest BCUT2D eigenvalue weighted by molar-refractivity contribution is 9.10. The highest BCUT2D eigenvalue weighted by Crippen LogP contribution is 2.28. The molecule has 112 valence electrons. The fourth-order valence-corrected chi connectivity index (χ4v) is 3.19. The van der Waals surface area contributed by atoms with Crippen molar-refractivity contribution in [1.82, 2.24) is 0 Å². The van der Waals surface area contributed by atoms with Gasteiger partial charge in [0.15, 0.2) is 11.6 Å². The first-order valence-corrected chi connectivity index (χ1v) is 7.71. The number of hydrogen-bond acceptors (Lipinski definition) is 3. The second-order valence-electron chi connectivity index (χ2n) is 4.03. The van der Waals surface area contributed by atoms with Crippen molar-refractivity contribution in [3.05, 3.63) is 52.3 Å². The van der Waals surface area contributed by atoms with Gasteiger partial charge in [-0.1, -0.05) is 15.9 Å². The Morgan fingerprint density at radius 1 is 1.05 bits per heavy atom. The zero-order chi connectivity index (χ0) is 15.8. The summed E-state index contributed by atoms with van der Waals surface area (Å²) in [7, 11) is -4.36. The molecule has 3 N–H and O–H groups in total. The topological polar surface area (TPSA) is 72.2 Å². The summed E-state index contributed by atoms with van der Waals surface area (Å²) in [4.78, 5) is -0.481. The number of halogens is 4. The van der Waals surface area contributed by atoms with Crippen LogP contribution in [0.25, 0.3) is 0 Å². The third-order valence-corrected chi connectivity index (χ3v) is 4.39. The van der Waals surface area contributed by atoms with Gasteiger partial charge >= 0.3 is 0 Å². The van der Waals surface area contributed by atoms with E-state index in [-0.39, 0.29) is 10.2 Å². The number of anilines is 2. The van der Waals surface area contributed by atoms with Gasteiger partial charge in [-0.05, 0) is 30.3 Å². The number of nitrogens with one attached hydrogen (secondary N) is 1. The Balaban J connectivity index is 2.47. The molecule has 0 bridgehead atoms. The molecule has 21 heavy (non-hydrogen) atoms. The molecule has 0 aromatic heterocycles. The van der Waals surface area contributed by atoms with Gasteiger partial charge in [-0.25, -0.2) is 21.6 Å². The van der Waals surface area contributed by atoms with E-state index in [4.69, 9.17) is 5.73 Å². The van der Waals surface area contributed by atoms with Gasteiger partial charge in [0.2, 0.25) is 0 Å². The average molecular weight is 381 g/mol. The van der Waals surface area contributed by atoms with E-state index in [1.807, 2.05) is 0 Å². The monoisotopic (exact) mass is 380 g/mol. The van der Waals surface area contributed by atoms with Crippen LogP contribution in [0, 0.1) is 17.5 Å². The summed E-state index contributed by atoms with van der Waals surface area (Å²) in [5.41, 5.74) is 4.19. The number of benzene rings is 2. The summed E-state index contributed by atoms with van der Waals surface area (Å²) < 4.78 is 66.2. The summed E-state index contributed by atoms with van der Waals surface area (Å²) in [6.45, 7) is 0.